The van der Waals surface area contributed by atoms with Crippen molar-refractivity contribution in [3.63, 3.8) is 0 Å². The first kappa shape index (κ1) is 27.4. The van der Waals surface area contributed by atoms with Gasteiger partial charge in [0.25, 0.3) is 11.5 Å². The fourth-order valence-corrected chi connectivity index (χ4v) is 5.70. The molecule has 2 aliphatic heterocycles. The average Bonchev–Trinajstić information content (AvgIpc) is 2.92. The number of hydrogen-bond donors (Lipinski definition) is 3. The maximum absolute atomic E-state index is 13.2. The molecule has 7 nitrogen and oxygen atoms in total. The van der Waals surface area contributed by atoms with Crippen molar-refractivity contribution >= 4 is 40.3 Å². The van der Waals surface area contributed by atoms with E-state index in [4.69, 9.17) is 12.2 Å². The van der Waals surface area contributed by atoms with E-state index in [-0.39, 0.29) is 34.1 Å². The highest BCUT2D eigenvalue weighted by atomic mass is 32.1. The number of nitrogens with zero attached hydrogens (tertiary/aromatic N) is 2. The predicted molar refractivity (Wildman–Crippen MR) is 154 cm³/mol. The summed E-state index contributed by atoms with van der Waals surface area (Å²) in [4.78, 5) is 27.3. The number of thiocarbonyl (C=S) groups is 1. The lowest BCUT2D eigenvalue weighted by Gasteiger charge is -2.44. The van der Waals surface area contributed by atoms with Gasteiger partial charge in [0.15, 0.2) is 5.11 Å². The molecule has 0 spiro atoms. The first-order valence-electron chi connectivity index (χ1n) is 12.9. The topological polar surface area (TPSA) is 78.4 Å². The van der Waals surface area contributed by atoms with E-state index in [1.807, 2.05) is 16.7 Å². The molecule has 1 fully saturated rings. The van der Waals surface area contributed by atoms with Crippen molar-refractivity contribution in [2.24, 2.45) is 5.92 Å². The zero-order chi connectivity index (χ0) is 28.4. The summed E-state index contributed by atoms with van der Waals surface area (Å²) in [7, 11) is 0. The molecule has 3 aromatic rings. The number of piperidine rings is 1. The van der Waals surface area contributed by atoms with Crippen LogP contribution < -0.4 is 26.4 Å². The standard InChI is InChI=1S/C29H28F3N5O2S/c1-2-11-33-27(39)19-9-10-25(36-15-18-12-20(17-36)24-7-4-8-26(38)37(24)16-18)23(13-19)35-28(40)34-22-6-3-5-21(14-22)29(30,31)32/h2-10,13-14,18,20H,1,11-12,15-17H2,(H,33,39)(H2,34,35,40). The summed E-state index contributed by atoms with van der Waals surface area (Å²) in [5.74, 6) is 0.111. The van der Waals surface area contributed by atoms with Crippen LogP contribution in [0.15, 0.2) is 78.1 Å². The van der Waals surface area contributed by atoms with Gasteiger partial charge >= 0.3 is 6.18 Å². The summed E-state index contributed by atoms with van der Waals surface area (Å²) in [5.41, 5.74) is 2.14. The Kier molecular flexibility index (Phi) is 7.66. The third-order valence-electron chi connectivity index (χ3n) is 7.18. The Balaban J connectivity index is 1.43. The molecule has 2 atom stereocenters. The SMILES string of the molecule is C=CCNC(=O)c1ccc(N2CC3CC(C2)c2cccc(=O)n2C3)c(NC(=S)Nc2cccc(C(F)(F)F)c2)c1. The molecule has 0 aliphatic carbocycles. The van der Waals surface area contributed by atoms with E-state index in [0.29, 0.717) is 37.4 Å². The normalized spacial score (nSPS) is 17.9. The number of pyridine rings is 1. The summed E-state index contributed by atoms with van der Waals surface area (Å²) in [5, 5.41) is 8.76. The fraction of sp³-hybridized carbons (Fsp3) is 0.276. The number of hydrogen-bond acceptors (Lipinski definition) is 4. The lowest BCUT2D eigenvalue weighted by atomic mass is 9.83. The summed E-state index contributed by atoms with van der Waals surface area (Å²) < 4.78 is 41.4. The zero-order valence-corrected chi connectivity index (χ0v) is 22.3. The summed E-state index contributed by atoms with van der Waals surface area (Å²) >= 11 is 5.47. The van der Waals surface area contributed by atoms with Gasteiger partial charge in [-0.15, -0.1) is 6.58 Å². The molecular weight excluding hydrogens is 539 g/mol. The highest BCUT2D eigenvalue weighted by Crippen LogP contribution is 2.39. The van der Waals surface area contributed by atoms with Crippen molar-refractivity contribution in [2.75, 3.05) is 35.2 Å². The molecule has 1 aromatic heterocycles. The number of nitrogens with one attached hydrogen (secondary N) is 3. The molecule has 1 amide bonds. The minimum atomic E-state index is -4.48. The molecule has 2 aliphatic rings. The molecular formula is C29H28F3N5O2S. The van der Waals surface area contributed by atoms with Crippen LogP contribution >= 0.6 is 12.2 Å². The van der Waals surface area contributed by atoms with Crippen molar-refractivity contribution in [2.45, 2.75) is 25.1 Å². The lowest BCUT2D eigenvalue weighted by molar-refractivity contribution is -0.137. The average molecular weight is 568 g/mol. The second-order valence-electron chi connectivity index (χ2n) is 9.99. The summed E-state index contributed by atoms with van der Waals surface area (Å²) in [6.07, 6.45) is -1.93. The Morgan fingerprint density at radius 2 is 1.85 bits per heavy atom. The highest BCUT2D eigenvalue weighted by molar-refractivity contribution is 7.80. The molecule has 2 bridgehead atoms. The minimum Gasteiger partial charge on any atom is -0.369 e. The molecule has 0 saturated carbocycles. The Labute approximate surface area is 234 Å². The second kappa shape index (κ2) is 11.2. The molecule has 3 N–H and O–H groups in total. The van der Waals surface area contributed by atoms with Crippen LogP contribution in [0, 0.1) is 5.92 Å². The van der Waals surface area contributed by atoms with Crippen molar-refractivity contribution in [3.05, 3.63) is 100 Å². The Morgan fingerprint density at radius 1 is 1.05 bits per heavy atom. The number of rotatable bonds is 6. The van der Waals surface area contributed by atoms with Gasteiger partial charge in [-0.3, -0.25) is 9.59 Å². The van der Waals surface area contributed by atoms with E-state index < -0.39 is 11.7 Å². The van der Waals surface area contributed by atoms with Crippen LogP contribution in [0.5, 0.6) is 0 Å². The number of amides is 1. The number of anilines is 3. The van der Waals surface area contributed by atoms with E-state index in [0.717, 1.165) is 29.9 Å². The molecule has 3 heterocycles. The molecule has 2 aromatic carbocycles. The van der Waals surface area contributed by atoms with Crippen LogP contribution in [0.4, 0.5) is 30.2 Å². The maximum atomic E-state index is 13.2. The molecule has 40 heavy (non-hydrogen) atoms. The molecule has 1 saturated heterocycles. The molecule has 2 unspecified atom stereocenters. The van der Waals surface area contributed by atoms with Gasteiger partial charge in [0, 0.05) is 55.1 Å². The molecule has 0 radical (unpaired) electrons. The quantitative estimate of drug-likeness (QED) is 0.280. The largest absolute Gasteiger partial charge is 0.416 e. The van der Waals surface area contributed by atoms with Gasteiger partial charge in [0.1, 0.15) is 0 Å². The Hall–Kier alpha value is -4.12. The Bertz CT molecular complexity index is 1520. The van der Waals surface area contributed by atoms with Crippen molar-refractivity contribution < 1.29 is 18.0 Å². The van der Waals surface area contributed by atoms with Gasteiger partial charge in [0.2, 0.25) is 0 Å². The highest BCUT2D eigenvalue weighted by Gasteiger charge is 2.35. The van der Waals surface area contributed by atoms with Crippen LogP contribution in [0.2, 0.25) is 0 Å². The number of aromatic nitrogens is 1. The number of fused-ring (bicyclic) bond motifs is 4. The van der Waals surface area contributed by atoms with E-state index in [1.54, 1.807) is 30.3 Å². The minimum absolute atomic E-state index is 0.00362. The molecule has 208 valence electrons. The van der Waals surface area contributed by atoms with Crippen LogP contribution in [-0.2, 0) is 12.7 Å². The fourth-order valence-electron chi connectivity index (χ4n) is 5.47. The van der Waals surface area contributed by atoms with Gasteiger partial charge in [-0.25, -0.2) is 0 Å². The number of carbonyl (C=O) groups is 1. The first-order valence-corrected chi connectivity index (χ1v) is 13.3. The third-order valence-corrected chi connectivity index (χ3v) is 7.39. The van der Waals surface area contributed by atoms with Gasteiger partial charge < -0.3 is 25.4 Å². The van der Waals surface area contributed by atoms with Crippen molar-refractivity contribution in [1.29, 1.82) is 0 Å². The van der Waals surface area contributed by atoms with Crippen LogP contribution in [-0.4, -0.2) is 35.2 Å². The third kappa shape index (κ3) is 5.89. The number of carbonyl (C=O) groups excluding carboxylic acids is 1. The maximum Gasteiger partial charge on any atom is 0.416 e. The van der Waals surface area contributed by atoms with Crippen LogP contribution in [0.25, 0.3) is 0 Å². The van der Waals surface area contributed by atoms with E-state index in [9.17, 15) is 22.8 Å². The van der Waals surface area contributed by atoms with Crippen LogP contribution in [0.1, 0.15) is 34.0 Å². The van der Waals surface area contributed by atoms with Gasteiger partial charge in [-0.05, 0) is 67.0 Å². The number of benzene rings is 2. The van der Waals surface area contributed by atoms with Crippen molar-refractivity contribution in [3.8, 4) is 0 Å². The molecule has 11 heteroatoms. The first-order chi connectivity index (χ1) is 19.1. The van der Waals surface area contributed by atoms with Crippen LogP contribution in [0.3, 0.4) is 0 Å². The van der Waals surface area contributed by atoms with Gasteiger partial charge in [-0.2, -0.15) is 13.2 Å². The van der Waals surface area contributed by atoms with Gasteiger partial charge in [-0.1, -0.05) is 18.2 Å². The zero-order valence-electron chi connectivity index (χ0n) is 21.5. The summed E-state index contributed by atoms with van der Waals surface area (Å²) in [6.45, 7) is 5.90. The number of halogens is 3. The predicted octanol–water partition coefficient (Wildman–Crippen LogP) is 5.22. The molecule has 5 rings (SSSR count). The lowest BCUT2D eigenvalue weighted by Crippen LogP contribution is -2.47. The van der Waals surface area contributed by atoms with E-state index in [2.05, 4.69) is 27.4 Å². The van der Waals surface area contributed by atoms with Gasteiger partial charge in [0.05, 0.1) is 16.9 Å². The van der Waals surface area contributed by atoms with E-state index >= 15 is 0 Å². The Morgan fingerprint density at radius 3 is 2.62 bits per heavy atom. The monoisotopic (exact) mass is 567 g/mol. The van der Waals surface area contributed by atoms with Crippen molar-refractivity contribution in [1.82, 2.24) is 9.88 Å². The number of alkyl halides is 3. The second-order valence-corrected chi connectivity index (χ2v) is 10.4. The summed E-state index contributed by atoms with van der Waals surface area (Å²) in [6, 6.07) is 15.4. The smallest absolute Gasteiger partial charge is 0.369 e. The van der Waals surface area contributed by atoms with E-state index in [1.165, 1.54) is 12.1 Å².